The van der Waals surface area contributed by atoms with Gasteiger partial charge in [0.2, 0.25) is 0 Å². The lowest BCUT2D eigenvalue weighted by molar-refractivity contribution is -0.384. The molecular weight excluding hydrogens is 236 g/mol. The summed E-state index contributed by atoms with van der Waals surface area (Å²) in [5, 5.41) is 20.4. The van der Waals surface area contributed by atoms with E-state index in [2.05, 4.69) is 0 Å². The van der Waals surface area contributed by atoms with Gasteiger partial charge < -0.3 is 14.7 Å². The Labute approximate surface area is 105 Å². The SMILES string of the molecule is Cc1ccc(N2CCOCC2CO)c([N+](=O)[O-])c1. The maximum Gasteiger partial charge on any atom is 0.292 e. The zero-order valence-corrected chi connectivity index (χ0v) is 10.2. The van der Waals surface area contributed by atoms with Gasteiger partial charge in [-0.2, -0.15) is 0 Å². The Balaban J connectivity index is 2.39. The Hall–Kier alpha value is -1.66. The van der Waals surface area contributed by atoms with Gasteiger partial charge in [-0.25, -0.2) is 0 Å². The third kappa shape index (κ3) is 2.44. The summed E-state index contributed by atoms with van der Waals surface area (Å²) in [6.07, 6.45) is 0. The van der Waals surface area contributed by atoms with Gasteiger partial charge in [-0.1, -0.05) is 6.07 Å². The normalized spacial score (nSPS) is 19.9. The number of nitrogens with zero attached hydrogens (tertiary/aromatic N) is 2. The molecule has 0 spiro atoms. The average molecular weight is 252 g/mol. The Morgan fingerprint density at radius 1 is 1.61 bits per heavy atom. The molecule has 1 heterocycles. The molecular formula is C12H16N2O4. The lowest BCUT2D eigenvalue weighted by atomic mass is 10.1. The molecule has 1 aliphatic heterocycles. The molecule has 0 aliphatic carbocycles. The minimum atomic E-state index is -0.383. The first-order valence-electron chi connectivity index (χ1n) is 5.83. The first kappa shape index (κ1) is 12.8. The Morgan fingerprint density at radius 2 is 2.39 bits per heavy atom. The van der Waals surface area contributed by atoms with E-state index in [4.69, 9.17) is 4.74 Å². The molecule has 1 unspecified atom stereocenters. The van der Waals surface area contributed by atoms with Crippen LogP contribution in [0, 0.1) is 17.0 Å². The summed E-state index contributed by atoms with van der Waals surface area (Å²) in [6.45, 7) is 3.20. The maximum atomic E-state index is 11.1. The van der Waals surface area contributed by atoms with Gasteiger partial charge in [0.1, 0.15) is 5.69 Å². The summed E-state index contributed by atoms with van der Waals surface area (Å²) in [5.74, 6) is 0. The van der Waals surface area contributed by atoms with E-state index >= 15 is 0 Å². The van der Waals surface area contributed by atoms with Gasteiger partial charge in [0, 0.05) is 12.6 Å². The first-order chi connectivity index (χ1) is 8.63. The Kier molecular flexibility index (Phi) is 3.78. The smallest absolute Gasteiger partial charge is 0.292 e. The number of anilines is 1. The molecule has 1 fully saturated rings. The lowest BCUT2D eigenvalue weighted by Gasteiger charge is -2.35. The predicted molar refractivity (Wildman–Crippen MR) is 66.9 cm³/mol. The number of ether oxygens (including phenoxy) is 1. The van der Waals surface area contributed by atoms with Crippen molar-refractivity contribution in [3.05, 3.63) is 33.9 Å². The molecule has 98 valence electrons. The van der Waals surface area contributed by atoms with Crippen LogP contribution in [0.4, 0.5) is 11.4 Å². The van der Waals surface area contributed by atoms with Crippen LogP contribution in [0.25, 0.3) is 0 Å². The molecule has 0 bridgehead atoms. The fourth-order valence-electron chi connectivity index (χ4n) is 2.15. The second kappa shape index (κ2) is 5.32. The van der Waals surface area contributed by atoms with Crippen molar-refractivity contribution in [3.8, 4) is 0 Å². The monoisotopic (exact) mass is 252 g/mol. The number of aliphatic hydroxyl groups is 1. The highest BCUT2D eigenvalue weighted by Gasteiger charge is 2.28. The first-order valence-corrected chi connectivity index (χ1v) is 5.83. The number of nitro groups is 1. The summed E-state index contributed by atoms with van der Waals surface area (Å²) in [5.41, 5.74) is 1.47. The number of hydrogen-bond acceptors (Lipinski definition) is 5. The molecule has 0 amide bonds. The third-order valence-corrected chi connectivity index (χ3v) is 3.08. The van der Waals surface area contributed by atoms with Crippen LogP contribution < -0.4 is 4.90 Å². The van der Waals surface area contributed by atoms with Crippen molar-refractivity contribution in [2.45, 2.75) is 13.0 Å². The van der Waals surface area contributed by atoms with Crippen LogP contribution in [0.1, 0.15) is 5.56 Å². The largest absolute Gasteiger partial charge is 0.394 e. The zero-order valence-electron chi connectivity index (χ0n) is 10.2. The summed E-state index contributed by atoms with van der Waals surface area (Å²) >= 11 is 0. The number of aliphatic hydroxyl groups excluding tert-OH is 1. The van der Waals surface area contributed by atoms with Crippen molar-refractivity contribution in [1.29, 1.82) is 0 Å². The minimum absolute atomic E-state index is 0.0783. The second-order valence-corrected chi connectivity index (χ2v) is 4.35. The highest BCUT2D eigenvalue weighted by Crippen LogP contribution is 2.31. The maximum absolute atomic E-state index is 11.1. The van der Waals surface area contributed by atoms with E-state index in [9.17, 15) is 15.2 Å². The minimum Gasteiger partial charge on any atom is -0.394 e. The average Bonchev–Trinajstić information content (AvgIpc) is 2.38. The van der Waals surface area contributed by atoms with Crippen LogP contribution >= 0.6 is 0 Å². The van der Waals surface area contributed by atoms with Gasteiger partial charge in [-0.15, -0.1) is 0 Å². The highest BCUT2D eigenvalue weighted by atomic mass is 16.6. The van der Waals surface area contributed by atoms with Gasteiger partial charge in [-0.3, -0.25) is 10.1 Å². The summed E-state index contributed by atoms with van der Waals surface area (Å²) < 4.78 is 5.28. The van der Waals surface area contributed by atoms with E-state index in [-0.39, 0.29) is 23.3 Å². The third-order valence-electron chi connectivity index (χ3n) is 3.08. The Bertz CT molecular complexity index is 450. The van der Waals surface area contributed by atoms with Crippen molar-refractivity contribution >= 4 is 11.4 Å². The Morgan fingerprint density at radius 3 is 3.06 bits per heavy atom. The van der Waals surface area contributed by atoms with E-state index in [1.807, 2.05) is 17.9 Å². The van der Waals surface area contributed by atoms with Crippen LogP contribution in [-0.4, -0.2) is 42.4 Å². The van der Waals surface area contributed by atoms with Crippen molar-refractivity contribution in [2.75, 3.05) is 31.3 Å². The topological polar surface area (TPSA) is 75.8 Å². The van der Waals surface area contributed by atoms with Crippen LogP contribution in [0.5, 0.6) is 0 Å². The molecule has 18 heavy (non-hydrogen) atoms. The van der Waals surface area contributed by atoms with Crippen molar-refractivity contribution in [2.24, 2.45) is 0 Å². The molecule has 0 aromatic heterocycles. The highest BCUT2D eigenvalue weighted by molar-refractivity contribution is 5.65. The van der Waals surface area contributed by atoms with Gasteiger partial charge in [0.15, 0.2) is 0 Å². The molecule has 0 radical (unpaired) electrons. The molecule has 6 heteroatoms. The van der Waals surface area contributed by atoms with Gasteiger partial charge >= 0.3 is 0 Å². The number of aryl methyl sites for hydroxylation is 1. The molecule has 1 aromatic carbocycles. The standard InChI is InChI=1S/C12H16N2O4/c1-9-2-3-11(12(6-9)14(16)17)13-4-5-18-8-10(13)7-15/h2-3,6,10,15H,4-5,7-8H2,1H3. The van der Waals surface area contributed by atoms with Crippen molar-refractivity contribution in [3.63, 3.8) is 0 Å². The molecule has 1 aliphatic rings. The number of nitro benzene ring substituents is 1. The second-order valence-electron chi connectivity index (χ2n) is 4.35. The fourth-order valence-corrected chi connectivity index (χ4v) is 2.15. The number of benzene rings is 1. The number of morpholine rings is 1. The van der Waals surface area contributed by atoms with Crippen LogP contribution in [0.15, 0.2) is 18.2 Å². The molecule has 6 nitrogen and oxygen atoms in total. The van der Waals surface area contributed by atoms with Gasteiger partial charge in [0.05, 0.1) is 30.8 Å². The number of rotatable bonds is 3. The molecule has 1 saturated heterocycles. The fraction of sp³-hybridized carbons (Fsp3) is 0.500. The molecule has 2 rings (SSSR count). The number of hydrogen-bond donors (Lipinski definition) is 1. The van der Waals surface area contributed by atoms with Crippen LogP contribution in [-0.2, 0) is 4.74 Å². The zero-order chi connectivity index (χ0) is 13.1. The summed E-state index contributed by atoms with van der Waals surface area (Å²) in [6, 6.07) is 4.91. The van der Waals surface area contributed by atoms with Crippen LogP contribution in [0.3, 0.4) is 0 Å². The summed E-state index contributed by atoms with van der Waals surface area (Å²) in [4.78, 5) is 12.6. The molecule has 1 aromatic rings. The molecule has 0 saturated carbocycles. The predicted octanol–water partition coefficient (Wildman–Crippen LogP) is 1.10. The van der Waals surface area contributed by atoms with E-state index in [1.54, 1.807) is 12.1 Å². The van der Waals surface area contributed by atoms with E-state index in [0.29, 0.717) is 25.4 Å². The van der Waals surface area contributed by atoms with Crippen LogP contribution in [0.2, 0.25) is 0 Å². The quantitative estimate of drug-likeness (QED) is 0.644. The van der Waals surface area contributed by atoms with Gasteiger partial charge in [0.25, 0.3) is 5.69 Å². The molecule has 1 atom stereocenters. The van der Waals surface area contributed by atoms with Gasteiger partial charge in [-0.05, 0) is 18.6 Å². The van der Waals surface area contributed by atoms with Crippen molar-refractivity contribution < 1.29 is 14.8 Å². The molecule has 1 N–H and O–H groups in total. The van der Waals surface area contributed by atoms with E-state index < -0.39 is 0 Å². The summed E-state index contributed by atoms with van der Waals surface area (Å²) in [7, 11) is 0. The lowest BCUT2D eigenvalue weighted by Crippen LogP contribution is -2.47. The van der Waals surface area contributed by atoms with Crippen molar-refractivity contribution in [1.82, 2.24) is 0 Å². The van der Waals surface area contributed by atoms with E-state index in [1.165, 1.54) is 0 Å². The van der Waals surface area contributed by atoms with E-state index in [0.717, 1.165) is 5.56 Å².